The van der Waals surface area contributed by atoms with E-state index < -0.39 is 13.6 Å². The van der Waals surface area contributed by atoms with E-state index in [-0.39, 0.29) is 23.9 Å². The van der Waals surface area contributed by atoms with E-state index in [0.29, 0.717) is 26.1 Å². The highest BCUT2D eigenvalue weighted by Gasteiger charge is 2.47. The quantitative estimate of drug-likeness (QED) is 0.679. The fraction of sp³-hybridized carbons (Fsp3) is 0.556. The summed E-state index contributed by atoms with van der Waals surface area (Å²) < 4.78 is 23.4. The van der Waals surface area contributed by atoms with Crippen LogP contribution < -0.4 is 5.32 Å². The molecule has 1 atom stereocenters. The van der Waals surface area contributed by atoms with Crippen molar-refractivity contribution >= 4 is 13.5 Å². The molecule has 6 nitrogen and oxygen atoms in total. The van der Waals surface area contributed by atoms with Crippen molar-refractivity contribution in [3.05, 3.63) is 35.9 Å². The van der Waals surface area contributed by atoms with Gasteiger partial charge < -0.3 is 14.4 Å². The first kappa shape index (κ1) is 19.7. The van der Waals surface area contributed by atoms with Crippen LogP contribution in [0.4, 0.5) is 0 Å². The van der Waals surface area contributed by atoms with Gasteiger partial charge in [-0.1, -0.05) is 30.3 Å². The number of carbonyl (C=O) groups is 1. The second-order valence-electron chi connectivity index (χ2n) is 6.10. The number of hydrogen-bond acceptors (Lipinski definition) is 5. The standard InChI is InChI=1S/C18H25N2O4P/c1-3-23-25(22,24-4-2)16-11-15(12-16)17(13-19)20-18(21)10-14-8-6-5-7-9-14/h5-9,15-17H,3-4,10-12H2,1-2H3,(H,20,21)/t15?,16?,17-/m1/s1. The smallest absolute Gasteiger partial charge is 0.333 e. The van der Waals surface area contributed by atoms with Gasteiger partial charge in [0, 0.05) is 0 Å². The van der Waals surface area contributed by atoms with Gasteiger partial charge in [-0.3, -0.25) is 9.36 Å². The van der Waals surface area contributed by atoms with E-state index >= 15 is 0 Å². The van der Waals surface area contributed by atoms with Crippen molar-refractivity contribution < 1.29 is 18.4 Å². The fourth-order valence-corrected chi connectivity index (χ4v) is 5.30. The number of amides is 1. The molecule has 0 aromatic heterocycles. The molecule has 0 aliphatic heterocycles. The number of rotatable bonds is 9. The maximum Gasteiger partial charge on any atom is 0.333 e. The molecule has 0 unspecified atom stereocenters. The van der Waals surface area contributed by atoms with Crippen molar-refractivity contribution in [3.63, 3.8) is 0 Å². The summed E-state index contributed by atoms with van der Waals surface area (Å²) in [7, 11) is -3.12. The van der Waals surface area contributed by atoms with E-state index in [1.54, 1.807) is 13.8 Å². The van der Waals surface area contributed by atoms with Crippen LogP contribution in [-0.2, 0) is 24.8 Å². The number of nitrogens with zero attached hydrogens (tertiary/aromatic N) is 1. The maximum absolute atomic E-state index is 12.7. The minimum atomic E-state index is -3.12. The topological polar surface area (TPSA) is 88.4 Å². The molecule has 1 aromatic carbocycles. The molecule has 0 bridgehead atoms. The van der Waals surface area contributed by atoms with Gasteiger partial charge in [0.1, 0.15) is 6.04 Å². The van der Waals surface area contributed by atoms with Crippen LogP contribution in [0.5, 0.6) is 0 Å². The molecule has 1 amide bonds. The summed E-state index contributed by atoms with van der Waals surface area (Å²) in [6.45, 7) is 4.22. The minimum absolute atomic E-state index is 0.0241. The Labute approximate surface area is 149 Å². The first-order valence-corrected chi connectivity index (χ1v) is 10.2. The van der Waals surface area contributed by atoms with Crippen LogP contribution in [0, 0.1) is 17.2 Å². The molecular formula is C18H25N2O4P. The van der Waals surface area contributed by atoms with E-state index in [1.807, 2.05) is 30.3 Å². The van der Waals surface area contributed by atoms with Crippen LogP contribution >= 0.6 is 7.60 Å². The average Bonchev–Trinajstić information content (AvgIpc) is 2.53. The lowest BCUT2D eigenvalue weighted by Crippen LogP contribution is -2.46. The molecule has 0 saturated heterocycles. The van der Waals surface area contributed by atoms with Crippen LogP contribution in [-0.4, -0.2) is 30.8 Å². The van der Waals surface area contributed by atoms with Gasteiger partial charge in [-0.05, 0) is 38.2 Å². The van der Waals surface area contributed by atoms with Gasteiger partial charge in [0.2, 0.25) is 5.91 Å². The second-order valence-corrected chi connectivity index (χ2v) is 8.42. The normalized spacial score (nSPS) is 21.0. The molecule has 2 rings (SSSR count). The average molecular weight is 364 g/mol. The molecule has 7 heteroatoms. The first-order chi connectivity index (χ1) is 12.0. The van der Waals surface area contributed by atoms with Crippen molar-refractivity contribution in [2.75, 3.05) is 13.2 Å². The summed E-state index contributed by atoms with van der Waals surface area (Å²) in [5.74, 6) is -0.206. The Balaban J connectivity index is 1.88. The third kappa shape index (κ3) is 5.15. The summed E-state index contributed by atoms with van der Waals surface area (Å²) in [6.07, 6.45) is 1.35. The molecule has 1 aromatic rings. The van der Waals surface area contributed by atoms with Crippen LogP contribution in [0.1, 0.15) is 32.3 Å². The van der Waals surface area contributed by atoms with Crippen molar-refractivity contribution in [2.45, 2.75) is 44.8 Å². The zero-order valence-corrected chi connectivity index (χ0v) is 15.6. The van der Waals surface area contributed by atoms with E-state index in [4.69, 9.17) is 9.05 Å². The zero-order chi connectivity index (χ0) is 18.3. The van der Waals surface area contributed by atoms with Gasteiger partial charge in [-0.25, -0.2) is 0 Å². The number of hydrogen-bond donors (Lipinski definition) is 1. The minimum Gasteiger partial charge on any atom is -0.340 e. The molecule has 25 heavy (non-hydrogen) atoms. The first-order valence-electron chi connectivity index (χ1n) is 8.64. The Hall–Kier alpha value is -1.67. The molecule has 0 heterocycles. The van der Waals surface area contributed by atoms with E-state index in [1.165, 1.54) is 0 Å². The number of nitriles is 1. The predicted molar refractivity (Wildman–Crippen MR) is 95.1 cm³/mol. The molecule has 1 saturated carbocycles. The second kappa shape index (κ2) is 9.15. The number of carbonyl (C=O) groups excluding carboxylic acids is 1. The summed E-state index contributed by atoms with van der Waals surface area (Å²) in [4.78, 5) is 12.1. The summed E-state index contributed by atoms with van der Waals surface area (Å²) in [5.41, 5.74) is 0.708. The molecule has 1 aliphatic rings. The highest BCUT2D eigenvalue weighted by Crippen LogP contribution is 2.61. The number of benzene rings is 1. The van der Waals surface area contributed by atoms with Gasteiger partial charge in [0.05, 0.1) is 31.4 Å². The largest absolute Gasteiger partial charge is 0.340 e. The molecular weight excluding hydrogens is 339 g/mol. The highest BCUT2D eigenvalue weighted by molar-refractivity contribution is 7.54. The van der Waals surface area contributed by atoms with E-state index in [2.05, 4.69) is 11.4 Å². The Morgan fingerprint density at radius 1 is 1.28 bits per heavy atom. The molecule has 0 radical (unpaired) electrons. The van der Waals surface area contributed by atoms with Crippen LogP contribution in [0.2, 0.25) is 0 Å². The van der Waals surface area contributed by atoms with Crippen molar-refractivity contribution in [1.29, 1.82) is 5.26 Å². The van der Waals surface area contributed by atoms with Gasteiger partial charge in [-0.2, -0.15) is 5.26 Å². The lowest BCUT2D eigenvalue weighted by Gasteiger charge is -2.40. The van der Waals surface area contributed by atoms with Gasteiger partial charge in [0.25, 0.3) is 0 Å². The van der Waals surface area contributed by atoms with Crippen LogP contribution in [0.15, 0.2) is 30.3 Å². The Morgan fingerprint density at radius 2 is 1.88 bits per heavy atom. The van der Waals surface area contributed by atoms with Gasteiger partial charge in [-0.15, -0.1) is 0 Å². The lowest BCUT2D eigenvalue weighted by atomic mass is 9.79. The monoisotopic (exact) mass is 364 g/mol. The predicted octanol–water partition coefficient (Wildman–Crippen LogP) is 3.28. The summed E-state index contributed by atoms with van der Waals surface area (Å²) in [5, 5.41) is 12.2. The Bertz CT molecular complexity index is 643. The summed E-state index contributed by atoms with van der Waals surface area (Å²) in [6, 6.07) is 11.0. The van der Waals surface area contributed by atoms with Gasteiger partial charge >= 0.3 is 7.60 Å². The van der Waals surface area contributed by atoms with Gasteiger partial charge in [0.15, 0.2) is 0 Å². The Morgan fingerprint density at radius 3 is 2.40 bits per heavy atom. The van der Waals surface area contributed by atoms with E-state index in [9.17, 15) is 14.6 Å². The maximum atomic E-state index is 12.7. The third-order valence-electron chi connectivity index (χ3n) is 4.35. The number of nitrogens with one attached hydrogen (secondary N) is 1. The van der Waals surface area contributed by atoms with Crippen molar-refractivity contribution in [2.24, 2.45) is 5.92 Å². The fourth-order valence-electron chi connectivity index (χ4n) is 3.03. The van der Waals surface area contributed by atoms with Crippen LogP contribution in [0.3, 0.4) is 0 Å². The third-order valence-corrected chi connectivity index (χ3v) is 6.90. The molecule has 1 fully saturated rings. The molecule has 1 N–H and O–H groups in total. The van der Waals surface area contributed by atoms with Crippen molar-refractivity contribution in [3.8, 4) is 6.07 Å². The SMILES string of the molecule is CCOP(=O)(OCC)C1CC([C@@H](C#N)NC(=O)Cc2ccccc2)C1. The highest BCUT2D eigenvalue weighted by atomic mass is 31.2. The lowest BCUT2D eigenvalue weighted by molar-refractivity contribution is -0.121. The Kier molecular flexibility index (Phi) is 7.19. The molecule has 1 aliphatic carbocycles. The van der Waals surface area contributed by atoms with E-state index in [0.717, 1.165) is 5.56 Å². The van der Waals surface area contributed by atoms with Crippen molar-refractivity contribution in [1.82, 2.24) is 5.32 Å². The molecule has 0 spiro atoms. The molecule has 136 valence electrons. The summed E-state index contributed by atoms with van der Waals surface area (Å²) >= 11 is 0. The van der Waals surface area contributed by atoms with Crippen LogP contribution in [0.25, 0.3) is 0 Å². The zero-order valence-electron chi connectivity index (χ0n) is 14.7.